The Kier molecular flexibility index (Phi) is 5.18. The predicted octanol–water partition coefficient (Wildman–Crippen LogP) is 5.44. The van der Waals surface area contributed by atoms with Gasteiger partial charge < -0.3 is 5.32 Å². The number of hydrogen-bond acceptors (Lipinski definition) is 5. The Labute approximate surface area is 173 Å². The second-order valence-electron chi connectivity index (χ2n) is 6.86. The maximum absolute atomic E-state index is 12.5. The van der Waals surface area contributed by atoms with Crippen LogP contribution in [0.4, 0.5) is 5.82 Å². The summed E-state index contributed by atoms with van der Waals surface area (Å²) in [7, 11) is 0. The number of benzene rings is 1. The van der Waals surface area contributed by atoms with E-state index in [2.05, 4.69) is 50.8 Å². The molecule has 0 aliphatic heterocycles. The highest BCUT2D eigenvalue weighted by atomic mass is 32.1. The highest BCUT2D eigenvalue weighted by molar-refractivity contribution is 7.09. The summed E-state index contributed by atoms with van der Waals surface area (Å²) < 4.78 is 0. The van der Waals surface area contributed by atoms with Crippen molar-refractivity contribution in [3.05, 3.63) is 82.1 Å². The molecule has 0 atom stereocenters. The van der Waals surface area contributed by atoms with Crippen molar-refractivity contribution < 1.29 is 4.79 Å². The molecular formula is C23H20N4OS. The molecule has 0 spiro atoms. The smallest absolute Gasteiger partial charge is 0.258 e. The summed E-state index contributed by atoms with van der Waals surface area (Å²) in [4.78, 5) is 25.5. The maximum atomic E-state index is 12.5. The van der Waals surface area contributed by atoms with Gasteiger partial charge in [-0.2, -0.15) is 0 Å². The fraction of sp³-hybridized carbons (Fsp3) is 0.130. The predicted molar refractivity (Wildman–Crippen MR) is 117 cm³/mol. The Bertz CT molecular complexity index is 1180. The molecule has 0 bridgehead atoms. The van der Waals surface area contributed by atoms with Crippen LogP contribution in [0.25, 0.3) is 22.4 Å². The number of amides is 1. The minimum absolute atomic E-state index is 0.215. The molecule has 1 amide bonds. The molecule has 1 aromatic carbocycles. The van der Waals surface area contributed by atoms with Crippen LogP contribution in [0, 0.1) is 20.8 Å². The Morgan fingerprint density at radius 2 is 1.79 bits per heavy atom. The van der Waals surface area contributed by atoms with E-state index in [0.717, 1.165) is 38.5 Å². The molecule has 144 valence electrons. The summed E-state index contributed by atoms with van der Waals surface area (Å²) >= 11 is 1.64. The first kappa shape index (κ1) is 19.0. The lowest BCUT2D eigenvalue weighted by Gasteiger charge is -2.10. The van der Waals surface area contributed by atoms with Gasteiger partial charge in [0.25, 0.3) is 5.91 Å². The number of aryl methyl sites for hydroxylation is 3. The standard InChI is InChI=1S/C23H20N4OS/c1-14-4-5-17(21-13-29-16(3)26-21)10-19(14)18-6-7-22(25-11-18)27-23(28)20-12-24-9-8-15(20)2/h4-13H,1-3H3,(H,25,27,28). The largest absolute Gasteiger partial charge is 0.307 e. The fourth-order valence-electron chi connectivity index (χ4n) is 3.10. The first-order valence-electron chi connectivity index (χ1n) is 9.23. The van der Waals surface area contributed by atoms with Crippen molar-refractivity contribution >= 4 is 23.1 Å². The number of pyridine rings is 2. The van der Waals surface area contributed by atoms with E-state index in [1.54, 1.807) is 29.9 Å². The van der Waals surface area contributed by atoms with Crippen LogP contribution in [0.3, 0.4) is 0 Å². The number of nitrogens with one attached hydrogen (secondary N) is 1. The van der Waals surface area contributed by atoms with Gasteiger partial charge in [0.1, 0.15) is 5.82 Å². The Morgan fingerprint density at radius 1 is 0.966 bits per heavy atom. The van der Waals surface area contributed by atoms with Gasteiger partial charge in [-0.05, 0) is 61.7 Å². The summed E-state index contributed by atoms with van der Waals surface area (Å²) in [5.41, 5.74) is 6.73. The normalized spacial score (nSPS) is 10.7. The molecule has 0 aliphatic rings. The van der Waals surface area contributed by atoms with Gasteiger partial charge in [-0.25, -0.2) is 9.97 Å². The second kappa shape index (κ2) is 7.93. The first-order chi connectivity index (χ1) is 14.0. The Balaban J connectivity index is 1.58. The first-order valence-corrected chi connectivity index (χ1v) is 10.1. The van der Waals surface area contributed by atoms with E-state index >= 15 is 0 Å². The van der Waals surface area contributed by atoms with Gasteiger partial charge >= 0.3 is 0 Å². The van der Waals surface area contributed by atoms with E-state index in [1.807, 2.05) is 32.0 Å². The molecule has 1 N–H and O–H groups in total. The van der Waals surface area contributed by atoms with Gasteiger partial charge in [0.2, 0.25) is 0 Å². The van der Waals surface area contributed by atoms with Gasteiger partial charge in [-0.1, -0.05) is 12.1 Å². The number of nitrogens with zero attached hydrogens (tertiary/aromatic N) is 3. The number of thiazole rings is 1. The molecule has 4 aromatic rings. The van der Waals surface area contributed by atoms with Crippen molar-refractivity contribution in [3.8, 4) is 22.4 Å². The van der Waals surface area contributed by atoms with Gasteiger partial charge in [-0.15, -0.1) is 11.3 Å². The highest BCUT2D eigenvalue weighted by Gasteiger charge is 2.11. The molecule has 29 heavy (non-hydrogen) atoms. The highest BCUT2D eigenvalue weighted by Crippen LogP contribution is 2.30. The summed E-state index contributed by atoms with van der Waals surface area (Å²) in [6.07, 6.45) is 5.01. The quantitative estimate of drug-likeness (QED) is 0.495. The van der Waals surface area contributed by atoms with Crippen LogP contribution < -0.4 is 5.32 Å². The minimum Gasteiger partial charge on any atom is -0.307 e. The van der Waals surface area contributed by atoms with E-state index < -0.39 is 0 Å². The fourth-order valence-corrected chi connectivity index (χ4v) is 3.72. The van der Waals surface area contributed by atoms with E-state index in [0.29, 0.717) is 11.4 Å². The van der Waals surface area contributed by atoms with Gasteiger partial charge in [0.05, 0.1) is 16.3 Å². The molecule has 0 fully saturated rings. The van der Waals surface area contributed by atoms with E-state index in [4.69, 9.17) is 0 Å². The van der Waals surface area contributed by atoms with Crippen LogP contribution in [0.5, 0.6) is 0 Å². The molecule has 0 saturated heterocycles. The monoisotopic (exact) mass is 400 g/mol. The number of hydrogen-bond donors (Lipinski definition) is 1. The van der Waals surface area contributed by atoms with Crippen molar-refractivity contribution in [2.24, 2.45) is 0 Å². The van der Waals surface area contributed by atoms with Gasteiger partial charge in [-0.3, -0.25) is 9.78 Å². The summed E-state index contributed by atoms with van der Waals surface area (Å²) in [5.74, 6) is 0.291. The lowest BCUT2D eigenvalue weighted by molar-refractivity contribution is 0.102. The van der Waals surface area contributed by atoms with E-state index in [1.165, 1.54) is 0 Å². The average Bonchev–Trinajstić information content (AvgIpc) is 3.16. The number of carbonyl (C=O) groups excluding carboxylic acids is 1. The van der Waals surface area contributed by atoms with Gasteiger partial charge in [0, 0.05) is 35.1 Å². The number of carbonyl (C=O) groups is 1. The third kappa shape index (κ3) is 4.07. The third-order valence-electron chi connectivity index (χ3n) is 4.75. The maximum Gasteiger partial charge on any atom is 0.258 e. The molecule has 5 nitrogen and oxygen atoms in total. The molecule has 4 rings (SSSR count). The zero-order valence-electron chi connectivity index (χ0n) is 16.4. The van der Waals surface area contributed by atoms with Crippen molar-refractivity contribution in [2.45, 2.75) is 20.8 Å². The van der Waals surface area contributed by atoms with Crippen LogP contribution in [0.2, 0.25) is 0 Å². The van der Waals surface area contributed by atoms with Crippen LogP contribution in [0.15, 0.2) is 60.4 Å². The van der Waals surface area contributed by atoms with Crippen LogP contribution in [0.1, 0.15) is 26.5 Å². The zero-order valence-corrected chi connectivity index (χ0v) is 17.2. The summed E-state index contributed by atoms with van der Waals surface area (Å²) in [5, 5.41) is 5.95. The summed E-state index contributed by atoms with van der Waals surface area (Å²) in [6, 6.07) is 11.9. The third-order valence-corrected chi connectivity index (χ3v) is 5.53. The van der Waals surface area contributed by atoms with Crippen LogP contribution in [-0.2, 0) is 0 Å². The zero-order chi connectivity index (χ0) is 20.4. The van der Waals surface area contributed by atoms with Crippen LogP contribution in [-0.4, -0.2) is 20.9 Å². The van der Waals surface area contributed by atoms with E-state index in [9.17, 15) is 4.79 Å². The van der Waals surface area contributed by atoms with Crippen molar-refractivity contribution in [1.29, 1.82) is 0 Å². The van der Waals surface area contributed by atoms with Crippen molar-refractivity contribution in [1.82, 2.24) is 15.0 Å². The number of aromatic nitrogens is 3. The molecular weight excluding hydrogens is 380 g/mol. The molecule has 3 aromatic heterocycles. The lowest BCUT2D eigenvalue weighted by atomic mass is 9.98. The average molecular weight is 401 g/mol. The summed E-state index contributed by atoms with van der Waals surface area (Å²) in [6.45, 7) is 5.96. The van der Waals surface area contributed by atoms with E-state index in [-0.39, 0.29) is 5.91 Å². The Morgan fingerprint density at radius 3 is 2.48 bits per heavy atom. The van der Waals surface area contributed by atoms with Gasteiger partial charge in [0.15, 0.2) is 0 Å². The topological polar surface area (TPSA) is 67.8 Å². The molecule has 6 heteroatoms. The van der Waals surface area contributed by atoms with Crippen LogP contribution >= 0.6 is 11.3 Å². The molecule has 0 unspecified atom stereocenters. The molecule has 0 saturated carbocycles. The number of rotatable bonds is 4. The van der Waals surface area contributed by atoms with Crippen molar-refractivity contribution in [2.75, 3.05) is 5.32 Å². The SMILES string of the molecule is Cc1nc(-c2ccc(C)c(-c3ccc(NC(=O)c4cnccc4C)nc3)c2)cs1. The number of anilines is 1. The van der Waals surface area contributed by atoms with Crippen molar-refractivity contribution in [3.63, 3.8) is 0 Å². The minimum atomic E-state index is -0.215. The Hall–Kier alpha value is -3.38. The molecule has 0 radical (unpaired) electrons. The molecule has 0 aliphatic carbocycles. The second-order valence-corrected chi connectivity index (χ2v) is 7.92. The molecule has 3 heterocycles. The lowest BCUT2D eigenvalue weighted by Crippen LogP contribution is -2.14.